The number of rotatable bonds is 0. The molecule has 0 unspecified atom stereocenters. The van der Waals surface area contributed by atoms with Crippen molar-refractivity contribution in [1.29, 1.82) is 0 Å². The van der Waals surface area contributed by atoms with E-state index in [-0.39, 0.29) is 0 Å². The van der Waals surface area contributed by atoms with Crippen LogP contribution < -0.4 is 0 Å². The summed E-state index contributed by atoms with van der Waals surface area (Å²) in [5, 5.41) is 1.10. The highest BCUT2D eigenvalue weighted by Gasteiger charge is 2.02. The largest absolute Gasteiger partial charge is 0.359 e. The van der Waals surface area contributed by atoms with Gasteiger partial charge in [-0.3, -0.25) is 4.98 Å². The lowest BCUT2D eigenvalue weighted by atomic mass is 10.3. The molecule has 0 atom stereocenters. The Morgan fingerprint density at radius 1 is 1.18 bits per heavy atom. The van der Waals surface area contributed by atoms with Gasteiger partial charge in [-0.15, -0.1) is 0 Å². The van der Waals surface area contributed by atoms with Gasteiger partial charge in [-0.25, -0.2) is 0 Å². The van der Waals surface area contributed by atoms with Crippen LogP contribution in [0.1, 0.15) is 0 Å². The number of hydrogen-bond acceptors (Lipinski definition) is 1. The number of H-pyrrole nitrogens is 1. The van der Waals surface area contributed by atoms with Gasteiger partial charge < -0.3 is 4.98 Å². The van der Waals surface area contributed by atoms with E-state index in [0.29, 0.717) is 0 Å². The number of aromatic amines is 1. The van der Waals surface area contributed by atoms with Gasteiger partial charge in [-0.1, -0.05) is 0 Å². The van der Waals surface area contributed by atoms with Crippen LogP contribution in [0.15, 0.2) is 27.5 Å². The highest BCUT2D eigenvalue weighted by Crippen LogP contribution is 2.27. The molecule has 2 rings (SSSR count). The van der Waals surface area contributed by atoms with Gasteiger partial charge in [0.25, 0.3) is 0 Å². The monoisotopic (exact) mass is 274 g/mol. The minimum atomic E-state index is 0.987. The van der Waals surface area contributed by atoms with Gasteiger partial charge >= 0.3 is 0 Å². The Labute approximate surface area is 80.3 Å². The molecule has 56 valence electrons. The van der Waals surface area contributed by atoms with E-state index < -0.39 is 0 Å². The van der Waals surface area contributed by atoms with E-state index in [4.69, 9.17) is 0 Å². The Bertz CT molecular complexity index is 394. The first-order valence-corrected chi connectivity index (χ1v) is 4.64. The van der Waals surface area contributed by atoms with Crippen molar-refractivity contribution < 1.29 is 0 Å². The molecule has 0 aliphatic rings. The van der Waals surface area contributed by atoms with Crippen LogP contribution in [0, 0.1) is 0 Å². The maximum atomic E-state index is 4.05. The molecule has 0 fully saturated rings. The van der Waals surface area contributed by atoms with Gasteiger partial charge in [0.15, 0.2) is 0 Å². The molecule has 0 saturated heterocycles. The molecule has 2 aromatic heterocycles. The van der Waals surface area contributed by atoms with E-state index in [0.717, 1.165) is 19.8 Å². The van der Waals surface area contributed by atoms with Crippen molar-refractivity contribution in [3.05, 3.63) is 27.5 Å². The molecule has 0 saturated carbocycles. The van der Waals surface area contributed by atoms with Gasteiger partial charge in [0.05, 0.1) is 9.99 Å². The lowest BCUT2D eigenvalue weighted by Gasteiger charge is -1.91. The van der Waals surface area contributed by atoms with Gasteiger partial charge in [0, 0.05) is 28.4 Å². The first-order valence-electron chi connectivity index (χ1n) is 3.05. The summed E-state index contributed by atoms with van der Waals surface area (Å²) in [5.41, 5.74) is 1.08. The molecule has 0 aliphatic heterocycles. The van der Waals surface area contributed by atoms with Crippen molar-refractivity contribution in [2.24, 2.45) is 0 Å². The van der Waals surface area contributed by atoms with E-state index in [1.165, 1.54) is 0 Å². The van der Waals surface area contributed by atoms with Gasteiger partial charge in [-0.05, 0) is 31.9 Å². The third-order valence-electron chi connectivity index (χ3n) is 1.50. The minimum absolute atomic E-state index is 0.987. The quantitative estimate of drug-likeness (QED) is 0.786. The maximum Gasteiger partial charge on any atom is 0.0641 e. The molecular formula is C7H4Br2N2. The van der Waals surface area contributed by atoms with Crippen LogP contribution >= 0.6 is 31.9 Å². The highest BCUT2D eigenvalue weighted by molar-refractivity contribution is 9.11. The Balaban J connectivity index is 2.94. The lowest BCUT2D eigenvalue weighted by molar-refractivity contribution is 1.34. The predicted octanol–water partition coefficient (Wildman–Crippen LogP) is 3.09. The summed E-state index contributed by atoms with van der Waals surface area (Å²) >= 11 is 6.80. The fourth-order valence-corrected chi connectivity index (χ4v) is 1.84. The molecule has 0 bridgehead atoms. The molecule has 0 spiro atoms. The van der Waals surface area contributed by atoms with Gasteiger partial charge in [-0.2, -0.15) is 0 Å². The summed E-state index contributed by atoms with van der Waals surface area (Å²) in [7, 11) is 0. The SMILES string of the molecule is Brc1c[nH]c2c(Br)cncc12. The number of aromatic nitrogens is 2. The Hall–Kier alpha value is -0.350. The molecule has 2 heterocycles. The maximum absolute atomic E-state index is 4.05. The van der Waals surface area contributed by atoms with Crippen LogP contribution in [0.5, 0.6) is 0 Å². The summed E-state index contributed by atoms with van der Waals surface area (Å²) in [4.78, 5) is 7.17. The van der Waals surface area contributed by atoms with Crippen LogP contribution in [-0.2, 0) is 0 Å². The van der Waals surface area contributed by atoms with Gasteiger partial charge in [0.2, 0.25) is 0 Å². The Morgan fingerprint density at radius 3 is 2.73 bits per heavy atom. The van der Waals surface area contributed by atoms with E-state index >= 15 is 0 Å². The first kappa shape index (κ1) is 7.31. The standard InChI is InChI=1S/C7H4Br2N2/c8-5-3-11-7-4(5)1-10-2-6(7)9/h1-3,11H. The van der Waals surface area contributed by atoms with Crippen molar-refractivity contribution in [1.82, 2.24) is 9.97 Å². The topological polar surface area (TPSA) is 28.7 Å². The summed E-state index contributed by atoms with van der Waals surface area (Å²) < 4.78 is 2.03. The van der Waals surface area contributed by atoms with Crippen LogP contribution in [0.3, 0.4) is 0 Å². The molecule has 1 N–H and O–H groups in total. The second kappa shape index (κ2) is 2.60. The first-order chi connectivity index (χ1) is 5.29. The van der Waals surface area contributed by atoms with E-state index in [1.54, 1.807) is 6.20 Å². The number of nitrogens with zero attached hydrogens (tertiary/aromatic N) is 1. The summed E-state index contributed by atoms with van der Waals surface area (Å²) in [6, 6.07) is 0. The average molecular weight is 276 g/mol. The van der Waals surface area contributed by atoms with Crippen molar-refractivity contribution in [3.63, 3.8) is 0 Å². The molecule has 2 nitrogen and oxygen atoms in total. The number of halogens is 2. The van der Waals surface area contributed by atoms with Crippen LogP contribution in [-0.4, -0.2) is 9.97 Å². The highest BCUT2D eigenvalue weighted by atomic mass is 79.9. The summed E-state index contributed by atoms with van der Waals surface area (Å²) in [5.74, 6) is 0. The molecule has 0 amide bonds. The molecule has 0 aromatic carbocycles. The van der Waals surface area contributed by atoms with Crippen LogP contribution in [0.25, 0.3) is 10.9 Å². The molecule has 11 heavy (non-hydrogen) atoms. The van der Waals surface area contributed by atoms with Crippen LogP contribution in [0.4, 0.5) is 0 Å². The Morgan fingerprint density at radius 2 is 2.00 bits per heavy atom. The number of nitrogens with one attached hydrogen (secondary N) is 1. The van der Waals surface area contributed by atoms with Crippen molar-refractivity contribution >= 4 is 42.8 Å². The smallest absolute Gasteiger partial charge is 0.0641 e. The third kappa shape index (κ3) is 1.10. The van der Waals surface area contributed by atoms with E-state index in [9.17, 15) is 0 Å². The predicted molar refractivity (Wildman–Crippen MR) is 51.5 cm³/mol. The number of pyridine rings is 1. The van der Waals surface area contributed by atoms with Crippen LogP contribution in [0.2, 0.25) is 0 Å². The summed E-state index contributed by atoms with van der Waals surface area (Å²) in [6.45, 7) is 0. The molecule has 0 aliphatic carbocycles. The number of fused-ring (bicyclic) bond motifs is 1. The van der Waals surface area contributed by atoms with Crippen molar-refractivity contribution in [3.8, 4) is 0 Å². The molecule has 0 radical (unpaired) electrons. The minimum Gasteiger partial charge on any atom is -0.359 e. The van der Waals surface area contributed by atoms with Crippen molar-refractivity contribution in [2.75, 3.05) is 0 Å². The normalized spacial score (nSPS) is 10.7. The fraction of sp³-hybridized carbons (Fsp3) is 0. The fourth-order valence-electron chi connectivity index (χ4n) is 0.976. The third-order valence-corrected chi connectivity index (χ3v) is 2.76. The number of hydrogen-bond donors (Lipinski definition) is 1. The zero-order chi connectivity index (χ0) is 7.84. The van der Waals surface area contributed by atoms with Crippen molar-refractivity contribution in [2.45, 2.75) is 0 Å². The molecule has 4 heteroatoms. The zero-order valence-corrected chi connectivity index (χ0v) is 8.61. The van der Waals surface area contributed by atoms with E-state index in [2.05, 4.69) is 41.8 Å². The average Bonchev–Trinajstić information content (AvgIpc) is 2.35. The van der Waals surface area contributed by atoms with E-state index in [1.807, 2.05) is 12.4 Å². The lowest BCUT2D eigenvalue weighted by Crippen LogP contribution is -1.73. The molecular weight excluding hydrogens is 272 g/mol. The second-order valence-corrected chi connectivity index (χ2v) is 3.89. The molecule has 2 aromatic rings. The zero-order valence-electron chi connectivity index (χ0n) is 5.44. The summed E-state index contributed by atoms with van der Waals surface area (Å²) in [6.07, 6.45) is 5.49. The second-order valence-electron chi connectivity index (χ2n) is 2.18. The Kier molecular flexibility index (Phi) is 1.73. The van der Waals surface area contributed by atoms with Gasteiger partial charge in [0.1, 0.15) is 0 Å².